The summed E-state index contributed by atoms with van der Waals surface area (Å²) < 4.78 is 7.48. The number of rotatable bonds is 6. The van der Waals surface area contributed by atoms with Gasteiger partial charge >= 0.3 is 0 Å². The van der Waals surface area contributed by atoms with E-state index in [-0.39, 0.29) is 11.6 Å². The molecule has 17 heavy (non-hydrogen) atoms. The number of aryl methyl sites for hydroxylation is 2. The van der Waals surface area contributed by atoms with Crippen molar-refractivity contribution in [2.24, 2.45) is 5.84 Å². The van der Waals surface area contributed by atoms with Crippen molar-refractivity contribution in [2.75, 3.05) is 7.11 Å². The molecule has 5 nitrogen and oxygen atoms in total. The molecule has 0 bridgehead atoms. The van der Waals surface area contributed by atoms with Gasteiger partial charge in [0, 0.05) is 25.8 Å². The third kappa shape index (κ3) is 3.28. The average molecular weight is 240 g/mol. The molecule has 1 heterocycles. The van der Waals surface area contributed by atoms with Crippen molar-refractivity contribution in [3.8, 4) is 0 Å². The van der Waals surface area contributed by atoms with Crippen LogP contribution in [0, 0.1) is 6.92 Å². The van der Waals surface area contributed by atoms with Gasteiger partial charge < -0.3 is 4.74 Å². The summed E-state index contributed by atoms with van der Waals surface area (Å²) in [5.41, 5.74) is 4.74. The Morgan fingerprint density at radius 2 is 2.24 bits per heavy atom. The molecule has 5 heteroatoms. The molecule has 3 N–H and O–H groups in total. The summed E-state index contributed by atoms with van der Waals surface area (Å²) in [6, 6.07) is 2.15. The average Bonchev–Trinajstić information content (AvgIpc) is 2.66. The summed E-state index contributed by atoms with van der Waals surface area (Å²) in [6.07, 6.45) is 0.798. The van der Waals surface area contributed by atoms with E-state index in [1.807, 2.05) is 25.5 Å². The van der Waals surface area contributed by atoms with Gasteiger partial charge in [-0.25, -0.2) is 0 Å². The summed E-state index contributed by atoms with van der Waals surface area (Å²) in [5.74, 6) is 5.62. The molecule has 0 aromatic carbocycles. The molecule has 98 valence electrons. The zero-order chi connectivity index (χ0) is 13.1. The summed E-state index contributed by atoms with van der Waals surface area (Å²) in [6.45, 7) is 9.01. The second-order valence-corrected chi connectivity index (χ2v) is 4.82. The van der Waals surface area contributed by atoms with Gasteiger partial charge in [0.2, 0.25) is 0 Å². The van der Waals surface area contributed by atoms with Gasteiger partial charge in [-0.1, -0.05) is 0 Å². The molecule has 0 aliphatic heterocycles. The van der Waals surface area contributed by atoms with Gasteiger partial charge in [-0.3, -0.25) is 16.0 Å². The van der Waals surface area contributed by atoms with Crippen LogP contribution in [0.25, 0.3) is 0 Å². The monoisotopic (exact) mass is 240 g/mol. The second-order valence-electron chi connectivity index (χ2n) is 4.82. The fraction of sp³-hybridized carbons (Fsp3) is 0.750. The van der Waals surface area contributed by atoms with E-state index >= 15 is 0 Å². The Labute approximate surface area is 103 Å². The minimum absolute atomic E-state index is 0.0499. The van der Waals surface area contributed by atoms with Gasteiger partial charge in [0.05, 0.1) is 17.3 Å². The van der Waals surface area contributed by atoms with Crippen LogP contribution in [-0.2, 0) is 17.7 Å². The highest BCUT2D eigenvalue weighted by Crippen LogP contribution is 2.18. The highest BCUT2D eigenvalue weighted by atomic mass is 16.5. The summed E-state index contributed by atoms with van der Waals surface area (Å²) in [5, 5.41) is 4.43. The van der Waals surface area contributed by atoms with Crippen LogP contribution in [0.3, 0.4) is 0 Å². The van der Waals surface area contributed by atoms with E-state index in [0.29, 0.717) is 0 Å². The molecule has 0 amide bonds. The molecule has 0 saturated heterocycles. The Morgan fingerprint density at radius 1 is 1.59 bits per heavy atom. The summed E-state index contributed by atoms with van der Waals surface area (Å²) in [4.78, 5) is 0. The maximum atomic E-state index is 5.62. The standard InChI is InChI=1S/C12H24N4O/c1-6-16-10(7-9(2)15-16)8-11(14-13)12(3,4)17-5/h7,11,14H,6,8,13H2,1-5H3. The lowest BCUT2D eigenvalue weighted by molar-refractivity contribution is -0.0106. The molecule has 0 aliphatic rings. The Balaban J connectivity index is 2.87. The van der Waals surface area contributed by atoms with Gasteiger partial charge in [-0.2, -0.15) is 5.10 Å². The number of nitrogens with one attached hydrogen (secondary N) is 1. The smallest absolute Gasteiger partial charge is 0.0792 e. The lowest BCUT2D eigenvalue weighted by Crippen LogP contribution is -2.52. The third-order valence-electron chi connectivity index (χ3n) is 3.26. The number of hydrazine groups is 1. The van der Waals surface area contributed by atoms with Crippen LogP contribution in [0.15, 0.2) is 6.07 Å². The van der Waals surface area contributed by atoms with Crippen LogP contribution >= 0.6 is 0 Å². The van der Waals surface area contributed by atoms with Gasteiger partial charge in [0.25, 0.3) is 0 Å². The van der Waals surface area contributed by atoms with Crippen molar-refractivity contribution in [1.29, 1.82) is 0 Å². The number of hydrogen-bond acceptors (Lipinski definition) is 4. The van der Waals surface area contributed by atoms with Crippen molar-refractivity contribution in [1.82, 2.24) is 15.2 Å². The first kappa shape index (κ1) is 14.2. The van der Waals surface area contributed by atoms with Crippen molar-refractivity contribution >= 4 is 0 Å². The molecule has 0 spiro atoms. The zero-order valence-electron chi connectivity index (χ0n) is 11.4. The molecule has 0 aliphatic carbocycles. The molecule has 1 atom stereocenters. The Morgan fingerprint density at radius 3 is 2.71 bits per heavy atom. The summed E-state index contributed by atoms with van der Waals surface area (Å²) >= 11 is 0. The molecule has 1 aromatic heterocycles. The molecule has 0 radical (unpaired) electrons. The van der Waals surface area contributed by atoms with Gasteiger partial charge in [-0.15, -0.1) is 0 Å². The van der Waals surface area contributed by atoms with Gasteiger partial charge in [0.15, 0.2) is 0 Å². The van der Waals surface area contributed by atoms with Crippen molar-refractivity contribution in [3.05, 3.63) is 17.5 Å². The first-order valence-electron chi connectivity index (χ1n) is 5.99. The summed E-state index contributed by atoms with van der Waals surface area (Å²) in [7, 11) is 1.70. The fourth-order valence-corrected chi connectivity index (χ4v) is 1.89. The normalized spacial score (nSPS) is 14.0. The van der Waals surface area contributed by atoms with E-state index in [4.69, 9.17) is 10.6 Å². The first-order chi connectivity index (χ1) is 7.94. The van der Waals surface area contributed by atoms with Crippen LogP contribution in [0.5, 0.6) is 0 Å². The predicted octanol–water partition coefficient (Wildman–Crippen LogP) is 1.01. The van der Waals surface area contributed by atoms with Crippen molar-refractivity contribution in [3.63, 3.8) is 0 Å². The fourth-order valence-electron chi connectivity index (χ4n) is 1.89. The molecule has 1 rings (SSSR count). The minimum Gasteiger partial charge on any atom is -0.377 e. The van der Waals surface area contributed by atoms with Crippen molar-refractivity contribution < 1.29 is 4.74 Å². The number of nitrogens with two attached hydrogens (primary N) is 1. The van der Waals surface area contributed by atoms with Crippen LogP contribution in [-0.4, -0.2) is 28.5 Å². The number of methoxy groups -OCH3 is 1. The van der Waals surface area contributed by atoms with Crippen LogP contribution in [0.1, 0.15) is 32.2 Å². The quantitative estimate of drug-likeness (QED) is 0.575. The predicted molar refractivity (Wildman–Crippen MR) is 68.5 cm³/mol. The van der Waals surface area contributed by atoms with Crippen LogP contribution < -0.4 is 11.3 Å². The lowest BCUT2D eigenvalue weighted by atomic mass is 9.94. The van der Waals surface area contributed by atoms with Crippen LogP contribution in [0.2, 0.25) is 0 Å². The molecule has 0 fully saturated rings. The molecule has 1 unspecified atom stereocenters. The van der Waals surface area contributed by atoms with E-state index in [1.165, 1.54) is 5.69 Å². The van der Waals surface area contributed by atoms with Crippen molar-refractivity contribution in [2.45, 2.75) is 52.3 Å². The third-order valence-corrected chi connectivity index (χ3v) is 3.26. The minimum atomic E-state index is -0.314. The van der Waals surface area contributed by atoms with E-state index in [9.17, 15) is 0 Å². The van der Waals surface area contributed by atoms with E-state index < -0.39 is 0 Å². The second kappa shape index (κ2) is 5.62. The number of aromatic nitrogens is 2. The van der Waals surface area contributed by atoms with Gasteiger partial charge in [-0.05, 0) is 33.8 Å². The molecular formula is C12H24N4O. The molecular weight excluding hydrogens is 216 g/mol. The number of nitrogens with zero attached hydrogens (tertiary/aromatic N) is 2. The Kier molecular flexibility index (Phi) is 4.68. The highest BCUT2D eigenvalue weighted by Gasteiger charge is 2.29. The molecule has 1 aromatic rings. The topological polar surface area (TPSA) is 65.1 Å². The Hall–Kier alpha value is -0.910. The first-order valence-corrected chi connectivity index (χ1v) is 5.99. The maximum absolute atomic E-state index is 5.62. The van der Waals surface area contributed by atoms with Crippen LogP contribution in [0.4, 0.5) is 0 Å². The lowest BCUT2D eigenvalue weighted by Gasteiger charge is -2.32. The molecule has 0 saturated carbocycles. The Bertz CT molecular complexity index is 359. The van der Waals surface area contributed by atoms with Gasteiger partial charge in [0.1, 0.15) is 0 Å². The SMILES string of the molecule is CCn1nc(C)cc1CC(NN)C(C)(C)OC. The zero-order valence-corrected chi connectivity index (χ0v) is 11.4. The largest absolute Gasteiger partial charge is 0.377 e. The number of ether oxygens (including phenoxy) is 1. The maximum Gasteiger partial charge on any atom is 0.0792 e. The van der Waals surface area contributed by atoms with E-state index in [0.717, 1.165) is 18.7 Å². The number of hydrogen-bond donors (Lipinski definition) is 2. The van der Waals surface area contributed by atoms with E-state index in [2.05, 4.69) is 23.5 Å². The highest BCUT2D eigenvalue weighted by molar-refractivity contribution is 5.11. The van der Waals surface area contributed by atoms with E-state index in [1.54, 1.807) is 7.11 Å².